The summed E-state index contributed by atoms with van der Waals surface area (Å²) in [7, 11) is 1.37. The number of alkyl halides is 3. The number of nitrogens with zero attached hydrogens (tertiary/aromatic N) is 5. The Balaban J connectivity index is 1.73. The molecule has 0 unspecified atom stereocenters. The zero-order chi connectivity index (χ0) is 26.3. The molecule has 0 aliphatic rings. The van der Waals surface area contributed by atoms with Crippen LogP contribution in [0.4, 0.5) is 13.2 Å². The molecule has 0 aliphatic carbocycles. The average Bonchev–Trinajstić information content (AvgIpc) is 3.49. The Morgan fingerprint density at radius 3 is 2.62 bits per heavy atom. The Kier molecular flexibility index (Phi) is 6.34. The molecule has 5 aromatic rings. The van der Waals surface area contributed by atoms with Crippen LogP contribution in [0, 0.1) is 0 Å². The lowest BCUT2D eigenvalue weighted by Gasteiger charge is -2.15. The van der Waals surface area contributed by atoms with Crippen LogP contribution in [0.5, 0.6) is 5.75 Å². The number of rotatable bonds is 6. The minimum Gasteiger partial charge on any atom is -0.497 e. The molecule has 0 aliphatic heterocycles. The van der Waals surface area contributed by atoms with Crippen molar-refractivity contribution in [1.82, 2.24) is 24.7 Å². The van der Waals surface area contributed by atoms with Crippen LogP contribution in [0.3, 0.4) is 0 Å². The number of benzene rings is 2. The molecule has 0 radical (unpaired) electrons. The monoisotopic (exact) mass is 547 g/mol. The van der Waals surface area contributed by atoms with Gasteiger partial charge in [-0.1, -0.05) is 34.4 Å². The largest absolute Gasteiger partial charge is 0.497 e. The molecule has 0 saturated carbocycles. The van der Waals surface area contributed by atoms with E-state index in [2.05, 4.69) is 20.1 Å². The molecule has 0 atom stereocenters. The summed E-state index contributed by atoms with van der Waals surface area (Å²) in [6.07, 6.45) is -2.29. The molecule has 0 N–H and O–H groups in total. The quantitative estimate of drug-likeness (QED) is 0.237. The van der Waals surface area contributed by atoms with E-state index >= 15 is 0 Å². The normalized spacial score (nSPS) is 11.7. The highest BCUT2D eigenvalue weighted by molar-refractivity contribution is 6.35. The van der Waals surface area contributed by atoms with Crippen LogP contribution in [0.2, 0.25) is 10.0 Å². The highest BCUT2D eigenvalue weighted by Gasteiger charge is 2.42. The summed E-state index contributed by atoms with van der Waals surface area (Å²) in [5.41, 5.74) is -1.14. The van der Waals surface area contributed by atoms with Crippen molar-refractivity contribution in [3.8, 4) is 17.3 Å². The van der Waals surface area contributed by atoms with Gasteiger partial charge in [-0.15, -0.1) is 0 Å². The maximum atomic E-state index is 14.6. The van der Waals surface area contributed by atoms with Crippen LogP contribution < -0.4 is 4.74 Å². The van der Waals surface area contributed by atoms with Crippen LogP contribution >= 0.6 is 23.2 Å². The number of fused-ring (bicyclic) bond motifs is 1. The van der Waals surface area contributed by atoms with Crippen molar-refractivity contribution in [1.29, 1.82) is 0 Å². The lowest BCUT2D eigenvalue weighted by atomic mass is 10.1. The summed E-state index contributed by atoms with van der Waals surface area (Å²) in [6.45, 7) is -0.292. The molecular formula is C24H14Cl2F3N5O3. The van der Waals surface area contributed by atoms with Crippen LogP contribution in [0.25, 0.3) is 22.5 Å². The van der Waals surface area contributed by atoms with Gasteiger partial charge in [0, 0.05) is 33.7 Å². The van der Waals surface area contributed by atoms with Crippen molar-refractivity contribution < 1.29 is 27.2 Å². The zero-order valence-electron chi connectivity index (χ0n) is 18.8. The van der Waals surface area contributed by atoms with Gasteiger partial charge >= 0.3 is 6.18 Å². The third-order valence-corrected chi connectivity index (χ3v) is 6.13. The van der Waals surface area contributed by atoms with Gasteiger partial charge in [0.1, 0.15) is 23.5 Å². The van der Waals surface area contributed by atoms with Gasteiger partial charge in [-0.3, -0.25) is 4.79 Å². The maximum absolute atomic E-state index is 14.6. The maximum Gasteiger partial charge on any atom is 0.432 e. The van der Waals surface area contributed by atoms with E-state index in [1.54, 1.807) is 0 Å². The van der Waals surface area contributed by atoms with Gasteiger partial charge in [0.25, 0.3) is 5.89 Å². The molecule has 0 bridgehead atoms. The lowest BCUT2D eigenvalue weighted by molar-refractivity contribution is -0.143. The molecule has 3 aromatic heterocycles. The molecule has 3 heterocycles. The van der Waals surface area contributed by atoms with E-state index in [4.69, 9.17) is 32.5 Å². The summed E-state index contributed by atoms with van der Waals surface area (Å²) < 4.78 is 55.1. The van der Waals surface area contributed by atoms with Crippen LogP contribution in [-0.4, -0.2) is 37.6 Å². The van der Waals surface area contributed by atoms with Crippen molar-refractivity contribution in [2.75, 3.05) is 7.11 Å². The summed E-state index contributed by atoms with van der Waals surface area (Å²) in [4.78, 5) is 25.2. The Morgan fingerprint density at radius 2 is 1.95 bits per heavy atom. The predicted octanol–water partition coefficient (Wildman–Crippen LogP) is 6.09. The van der Waals surface area contributed by atoms with Gasteiger partial charge in [0.05, 0.1) is 12.7 Å². The second kappa shape index (κ2) is 9.49. The highest BCUT2D eigenvalue weighted by atomic mass is 35.5. The second-order valence-corrected chi connectivity index (χ2v) is 8.62. The topological polar surface area (TPSA) is 95.9 Å². The summed E-state index contributed by atoms with van der Waals surface area (Å²) in [5.74, 6) is -1.54. The van der Waals surface area contributed by atoms with Gasteiger partial charge in [0.15, 0.2) is 0 Å². The van der Waals surface area contributed by atoms with E-state index in [0.717, 1.165) is 4.57 Å². The lowest BCUT2D eigenvalue weighted by Crippen LogP contribution is -2.19. The van der Waals surface area contributed by atoms with Gasteiger partial charge in [-0.2, -0.15) is 18.2 Å². The molecule has 37 heavy (non-hydrogen) atoms. The smallest absolute Gasteiger partial charge is 0.432 e. The number of halogens is 5. The highest BCUT2D eigenvalue weighted by Crippen LogP contribution is 2.41. The third-order valence-electron chi connectivity index (χ3n) is 5.54. The van der Waals surface area contributed by atoms with Gasteiger partial charge < -0.3 is 13.8 Å². The van der Waals surface area contributed by atoms with E-state index in [1.165, 1.54) is 62.1 Å². The first-order valence-electron chi connectivity index (χ1n) is 10.5. The fraction of sp³-hybridized carbons (Fsp3) is 0.125. The minimum absolute atomic E-state index is 0.00449. The molecular weight excluding hydrogens is 534 g/mol. The van der Waals surface area contributed by atoms with E-state index in [0.29, 0.717) is 10.6 Å². The van der Waals surface area contributed by atoms with E-state index in [1.807, 2.05) is 0 Å². The Hall–Kier alpha value is -3.96. The molecule has 0 amide bonds. The first-order valence-corrected chi connectivity index (χ1v) is 11.3. The molecule has 8 nitrogen and oxygen atoms in total. The van der Waals surface area contributed by atoms with Crippen LogP contribution in [-0.2, 0) is 12.7 Å². The molecule has 0 fully saturated rings. The van der Waals surface area contributed by atoms with Crippen molar-refractivity contribution in [3.63, 3.8) is 0 Å². The minimum atomic E-state index is -4.94. The number of aromatic nitrogens is 5. The van der Waals surface area contributed by atoms with Crippen molar-refractivity contribution in [2.45, 2.75) is 12.7 Å². The van der Waals surface area contributed by atoms with Crippen LogP contribution in [0.1, 0.15) is 27.4 Å². The average molecular weight is 548 g/mol. The first kappa shape index (κ1) is 24.7. The summed E-state index contributed by atoms with van der Waals surface area (Å²) in [5, 5.41) is 4.12. The molecule has 13 heteroatoms. The molecule has 0 saturated heterocycles. The van der Waals surface area contributed by atoms with Gasteiger partial charge in [0.2, 0.25) is 11.6 Å². The second-order valence-electron chi connectivity index (χ2n) is 7.77. The number of hydrogen-bond acceptors (Lipinski definition) is 7. The first-order chi connectivity index (χ1) is 17.7. The number of carbonyl (C=O) groups is 1. The SMILES string of the molecule is COc1ccc2c(c1)c(C(=O)c1noc(-c3ccncn3)n1)c(C(F)(F)F)n2Cc1ccc(Cl)cc1Cl. The molecule has 5 rings (SSSR count). The molecule has 188 valence electrons. The fourth-order valence-electron chi connectivity index (χ4n) is 3.92. The van der Waals surface area contributed by atoms with Gasteiger partial charge in [-0.05, 0) is 42.0 Å². The number of ketones is 1. The number of ether oxygens (including phenoxy) is 1. The van der Waals surface area contributed by atoms with Crippen LogP contribution in [0.15, 0.2) is 59.5 Å². The Labute approximate surface area is 216 Å². The predicted molar refractivity (Wildman–Crippen MR) is 128 cm³/mol. The number of hydrogen-bond donors (Lipinski definition) is 0. The van der Waals surface area contributed by atoms with Crippen molar-refractivity contribution in [3.05, 3.63) is 87.7 Å². The fourth-order valence-corrected chi connectivity index (χ4v) is 4.39. The standard InChI is InChI=1S/C24H14Cl2F3N5O3/c1-36-14-4-5-18-15(9-14)19(20(35)22-32-23(37-33-22)17-6-7-30-11-31-17)21(24(27,28)29)34(18)10-12-2-3-13(25)8-16(12)26/h2-9,11H,10H2,1H3. The number of methoxy groups -OCH3 is 1. The van der Waals surface area contributed by atoms with Crippen molar-refractivity contribution >= 4 is 39.9 Å². The van der Waals surface area contributed by atoms with E-state index in [9.17, 15) is 18.0 Å². The third kappa shape index (κ3) is 4.63. The Bertz CT molecular complexity index is 1630. The number of carbonyl (C=O) groups excluding carboxylic acids is 1. The van der Waals surface area contributed by atoms with Crippen molar-refractivity contribution in [2.24, 2.45) is 0 Å². The zero-order valence-corrected chi connectivity index (χ0v) is 20.3. The molecule has 0 spiro atoms. The summed E-state index contributed by atoms with van der Waals surface area (Å²) in [6, 6.07) is 10.2. The Morgan fingerprint density at radius 1 is 1.14 bits per heavy atom. The van der Waals surface area contributed by atoms with Gasteiger partial charge in [-0.25, -0.2) is 9.97 Å². The molecule has 2 aromatic carbocycles. The van der Waals surface area contributed by atoms with E-state index in [-0.39, 0.29) is 39.8 Å². The summed E-state index contributed by atoms with van der Waals surface area (Å²) >= 11 is 12.2. The van der Waals surface area contributed by atoms with E-state index < -0.39 is 29.0 Å².